The number of rotatable bonds is 67. The summed E-state index contributed by atoms with van der Waals surface area (Å²) in [4.78, 5) is 37.5. The molecule has 0 aliphatic carbocycles. The van der Waals surface area contributed by atoms with Crippen molar-refractivity contribution in [1.82, 2.24) is 0 Å². The van der Waals surface area contributed by atoms with E-state index in [1.165, 1.54) is 218 Å². The lowest BCUT2D eigenvalue weighted by Gasteiger charge is -2.26. The number of nitrogens with zero attached hydrogens (tertiary/aromatic N) is 1. The van der Waals surface area contributed by atoms with Crippen LogP contribution >= 0.6 is 0 Å². The third kappa shape index (κ3) is 68.1. The Hall–Kier alpha value is -3.27. The van der Waals surface area contributed by atoms with Crippen LogP contribution in [-0.2, 0) is 33.3 Å². The minimum atomic E-state index is -1.63. The van der Waals surface area contributed by atoms with Crippen LogP contribution in [0.15, 0.2) is 72.9 Å². The highest BCUT2D eigenvalue weighted by molar-refractivity contribution is 5.70. The molecular formula is C76H137NO8. The van der Waals surface area contributed by atoms with Gasteiger partial charge < -0.3 is 33.3 Å². The Labute approximate surface area is 526 Å². The largest absolute Gasteiger partial charge is 0.545 e. The molecule has 0 bridgehead atoms. The Bertz CT molecular complexity index is 1620. The first kappa shape index (κ1) is 81.7. The molecule has 2 atom stereocenters. The van der Waals surface area contributed by atoms with E-state index >= 15 is 0 Å². The van der Waals surface area contributed by atoms with Gasteiger partial charge in [0.25, 0.3) is 0 Å². The Kier molecular flexibility index (Phi) is 64.1. The number of carbonyl (C=O) groups is 3. The Morgan fingerprint density at radius 3 is 1.00 bits per heavy atom. The monoisotopic (exact) mass is 1190 g/mol. The minimum absolute atomic E-state index is 0.140. The van der Waals surface area contributed by atoms with Gasteiger partial charge >= 0.3 is 11.9 Å². The van der Waals surface area contributed by atoms with E-state index in [0.29, 0.717) is 17.4 Å². The van der Waals surface area contributed by atoms with Gasteiger partial charge in [0, 0.05) is 12.8 Å². The van der Waals surface area contributed by atoms with Crippen LogP contribution in [0.5, 0.6) is 0 Å². The number of likely N-dealkylation sites (N-methyl/N-ethyl adjacent to an activating group) is 1. The van der Waals surface area contributed by atoms with Gasteiger partial charge in [-0.3, -0.25) is 9.59 Å². The lowest BCUT2D eigenvalue weighted by Crippen LogP contribution is -2.44. The Morgan fingerprint density at radius 2 is 0.671 bits per heavy atom. The summed E-state index contributed by atoms with van der Waals surface area (Å²) in [5.41, 5.74) is 0. The van der Waals surface area contributed by atoms with Gasteiger partial charge in [-0.2, -0.15) is 0 Å². The maximum atomic E-state index is 12.9. The van der Waals surface area contributed by atoms with Crippen molar-refractivity contribution < 1.29 is 42.9 Å². The molecule has 9 nitrogen and oxygen atoms in total. The van der Waals surface area contributed by atoms with E-state index in [0.717, 1.165) is 83.5 Å². The molecule has 0 rings (SSSR count). The van der Waals surface area contributed by atoms with Crippen molar-refractivity contribution in [3.8, 4) is 0 Å². The molecule has 0 aromatic rings. The predicted octanol–water partition coefficient (Wildman–Crippen LogP) is 21.1. The van der Waals surface area contributed by atoms with Gasteiger partial charge in [0.05, 0.1) is 40.3 Å². The number of ether oxygens (including phenoxy) is 4. The standard InChI is InChI=1S/C76H137NO8/c1-6-8-10-12-14-16-18-20-22-24-26-28-30-31-32-33-34-35-36-37-38-39-40-41-42-43-45-46-48-50-52-54-56-58-60-62-64-66-73(78)83-70-72(71-84-76(75(80)81)82-69-68-77(3,4)5)85-74(79)67-65-63-61-59-57-55-53-51-49-47-44-29-27-25-23-21-19-17-15-13-11-9-7-2/h9,11,15,17,21,23,27,29,47,49,53,55,72,76H,6-8,10,12-14,16,18-20,22,24-26,28,30-46,48,50-52,54,56-71H2,1-5H3/b11-9-,17-15-,23-21-,29-27-,49-47-,55-53-. The van der Waals surface area contributed by atoms with Crippen LogP contribution in [0.1, 0.15) is 335 Å². The number of carboxylic acid groups (broad SMARTS) is 1. The van der Waals surface area contributed by atoms with Crippen molar-refractivity contribution in [3.05, 3.63) is 72.9 Å². The predicted molar refractivity (Wildman–Crippen MR) is 361 cm³/mol. The third-order valence-corrected chi connectivity index (χ3v) is 16.0. The quantitative estimate of drug-likeness (QED) is 0.0195. The first-order chi connectivity index (χ1) is 41.6. The molecule has 0 saturated carbocycles. The molecular weight excluding hydrogens is 1050 g/mol. The van der Waals surface area contributed by atoms with Gasteiger partial charge in [0.1, 0.15) is 13.2 Å². The number of carbonyl (C=O) groups excluding carboxylic acids is 3. The summed E-state index contributed by atoms with van der Waals surface area (Å²) in [6.45, 7) is 4.64. The summed E-state index contributed by atoms with van der Waals surface area (Å²) in [5.74, 6) is -2.31. The number of hydrogen-bond acceptors (Lipinski definition) is 8. The van der Waals surface area contributed by atoms with Crippen LogP contribution in [0.2, 0.25) is 0 Å². The highest BCUT2D eigenvalue weighted by atomic mass is 16.7. The fraction of sp³-hybridized carbons (Fsp3) is 0.803. The van der Waals surface area contributed by atoms with Crippen molar-refractivity contribution in [2.45, 2.75) is 347 Å². The molecule has 0 amide bonds. The van der Waals surface area contributed by atoms with Gasteiger partial charge in [-0.05, 0) is 64.2 Å². The van der Waals surface area contributed by atoms with E-state index in [1.54, 1.807) is 0 Å². The summed E-state index contributed by atoms with van der Waals surface area (Å²) in [5, 5.41) is 11.8. The Balaban J connectivity index is 4.03. The van der Waals surface area contributed by atoms with E-state index in [2.05, 4.69) is 86.8 Å². The van der Waals surface area contributed by atoms with E-state index in [9.17, 15) is 19.5 Å². The minimum Gasteiger partial charge on any atom is -0.545 e. The molecule has 85 heavy (non-hydrogen) atoms. The fourth-order valence-corrected chi connectivity index (χ4v) is 10.5. The highest BCUT2D eigenvalue weighted by Gasteiger charge is 2.22. The number of esters is 2. The molecule has 0 heterocycles. The first-order valence-corrected chi connectivity index (χ1v) is 36.1. The SMILES string of the molecule is CC/C=C\C/C=C\C/C=C\C/C=C\C/C=C\C/C=C\CCCCCCC(=O)OC(COC(=O)CCCCCCCCCCCCCCCCCCCCCCCCCCCCCCCCCCCCCCC)COC(OCC[N+](C)(C)C)C(=O)[O-]. The van der Waals surface area contributed by atoms with Crippen LogP contribution in [0.25, 0.3) is 0 Å². The molecule has 2 unspecified atom stereocenters. The van der Waals surface area contributed by atoms with E-state index in [-0.39, 0.29) is 38.6 Å². The van der Waals surface area contributed by atoms with Crippen LogP contribution in [0, 0.1) is 0 Å². The average molecular weight is 1190 g/mol. The van der Waals surface area contributed by atoms with Gasteiger partial charge in [-0.15, -0.1) is 0 Å². The van der Waals surface area contributed by atoms with Gasteiger partial charge in [0.2, 0.25) is 0 Å². The normalized spacial score (nSPS) is 13.1. The first-order valence-electron chi connectivity index (χ1n) is 36.1. The molecule has 0 fully saturated rings. The molecule has 0 radical (unpaired) electrons. The zero-order valence-corrected chi connectivity index (χ0v) is 56.5. The maximum absolute atomic E-state index is 12.9. The number of allylic oxidation sites excluding steroid dienone is 12. The molecule has 0 aromatic heterocycles. The van der Waals surface area contributed by atoms with Gasteiger partial charge in [0.15, 0.2) is 12.4 Å². The van der Waals surface area contributed by atoms with E-state index in [4.69, 9.17) is 18.9 Å². The topological polar surface area (TPSA) is 111 Å². The van der Waals surface area contributed by atoms with E-state index < -0.39 is 24.3 Å². The third-order valence-electron chi connectivity index (χ3n) is 16.0. The summed E-state index contributed by atoms with van der Waals surface area (Å²) < 4.78 is 22.8. The van der Waals surface area contributed by atoms with Crippen LogP contribution in [-0.4, -0.2) is 82.3 Å². The lowest BCUT2D eigenvalue weighted by atomic mass is 10.0. The van der Waals surface area contributed by atoms with Crippen molar-refractivity contribution >= 4 is 17.9 Å². The summed E-state index contributed by atoms with van der Waals surface area (Å²) >= 11 is 0. The van der Waals surface area contributed by atoms with Gasteiger partial charge in [-0.1, -0.05) is 331 Å². The molecule has 0 spiro atoms. The summed E-state index contributed by atoms with van der Waals surface area (Å²) in [6, 6.07) is 0. The number of hydrogen-bond donors (Lipinski definition) is 0. The molecule has 0 aromatic carbocycles. The molecule has 0 aliphatic heterocycles. The smallest absolute Gasteiger partial charge is 0.306 e. The van der Waals surface area contributed by atoms with Gasteiger partial charge in [-0.25, -0.2) is 0 Å². The number of unbranched alkanes of at least 4 members (excludes halogenated alkanes) is 40. The Morgan fingerprint density at radius 1 is 0.365 bits per heavy atom. The zero-order chi connectivity index (χ0) is 61.9. The fourth-order valence-electron chi connectivity index (χ4n) is 10.5. The second kappa shape index (κ2) is 66.7. The lowest BCUT2D eigenvalue weighted by molar-refractivity contribution is -0.870. The summed E-state index contributed by atoms with van der Waals surface area (Å²) in [7, 11) is 5.92. The highest BCUT2D eigenvalue weighted by Crippen LogP contribution is 2.19. The van der Waals surface area contributed by atoms with Crippen LogP contribution in [0.4, 0.5) is 0 Å². The number of aliphatic carboxylic acids is 1. The molecule has 494 valence electrons. The molecule has 9 heteroatoms. The zero-order valence-electron chi connectivity index (χ0n) is 56.5. The van der Waals surface area contributed by atoms with Crippen LogP contribution < -0.4 is 5.11 Å². The second-order valence-electron chi connectivity index (χ2n) is 25.5. The molecule has 0 aliphatic rings. The number of carboxylic acids is 1. The van der Waals surface area contributed by atoms with Crippen molar-refractivity contribution in [2.24, 2.45) is 0 Å². The average Bonchev–Trinajstić information content (AvgIpc) is 3.49. The molecule has 0 N–H and O–H groups in total. The maximum Gasteiger partial charge on any atom is 0.306 e. The second-order valence-corrected chi connectivity index (χ2v) is 25.5. The van der Waals surface area contributed by atoms with Crippen LogP contribution in [0.3, 0.4) is 0 Å². The van der Waals surface area contributed by atoms with Crippen molar-refractivity contribution in [1.29, 1.82) is 0 Å². The van der Waals surface area contributed by atoms with Crippen molar-refractivity contribution in [3.63, 3.8) is 0 Å². The summed E-state index contributed by atoms with van der Waals surface area (Å²) in [6.07, 6.45) is 85.9. The molecule has 0 saturated heterocycles. The number of quaternary nitrogens is 1. The van der Waals surface area contributed by atoms with Crippen molar-refractivity contribution in [2.75, 3.05) is 47.5 Å². The van der Waals surface area contributed by atoms with E-state index in [1.807, 2.05) is 21.1 Å².